The molecular weight excluding hydrogens is 246 g/mol. The molecule has 0 saturated heterocycles. The molecule has 6 heteroatoms. The smallest absolute Gasteiger partial charge is 0.334 e. The van der Waals surface area contributed by atoms with Gasteiger partial charge in [-0.2, -0.15) is 0 Å². The Labute approximate surface area is 108 Å². The maximum atomic E-state index is 11.3. The van der Waals surface area contributed by atoms with Crippen molar-refractivity contribution in [2.45, 2.75) is 33.7 Å². The number of rotatable bonds is 6. The molecule has 0 aromatic carbocycles. The predicted octanol–water partition coefficient (Wildman–Crippen LogP) is 1.13. The van der Waals surface area contributed by atoms with Gasteiger partial charge in [-0.3, -0.25) is 0 Å². The SMILES string of the molecule is CC(C)COC(=O)C(N)C(=O)OCC(C)C.Cl. The molecule has 0 amide bonds. The Bertz CT molecular complexity index is 220. The minimum absolute atomic E-state index is 0. The van der Waals surface area contributed by atoms with Gasteiger partial charge in [0, 0.05) is 0 Å². The van der Waals surface area contributed by atoms with Crippen LogP contribution in [0.25, 0.3) is 0 Å². The van der Waals surface area contributed by atoms with Crippen LogP contribution in [0, 0.1) is 11.8 Å². The van der Waals surface area contributed by atoms with Crippen LogP contribution >= 0.6 is 12.4 Å². The van der Waals surface area contributed by atoms with Crippen molar-refractivity contribution in [3.63, 3.8) is 0 Å². The van der Waals surface area contributed by atoms with Crippen LogP contribution in [0.2, 0.25) is 0 Å². The maximum Gasteiger partial charge on any atom is 0.334 e. The number of esters is 2. The Morgan fingerprint density at radius 2 is 1.24 bits per heavy atom. The third-order valence-corrected chi connectivity index (χ3v) is 1.63. The molecule has 0 unspecified atom stereocenters. The second kappa shape index (κ2) is 9.24. The summed E-state index contributed by atoms with van der Waals surface area (Å²) >= 11 is 0. The van der Waals surface area contributed by atoms with Crippen LogP contribution in [0.15, 0.2) is 0 Å². The highest BCUT2D eigenvalue weighted by Crippen LogP contribution is 1.98. The van der Waals surface area contributed by atoms with E-state index in [1.165, 1.54) is 0 Å². The highest BCUT2D eigenvalue weighted by molar-refractivity contribution is 5.98. The molecule has 102 valence electrons. The van der Waals surface area contributed by atoms with Gasteiger partial charge in [0.05, 0.1) is 13.2 Å². The molecule has 0 bridgehead atoms. The zero-order valence-electron chi connectivity index (χ0n) is 10.8. The molecule has 0 saturated carbocycles. The number of carbonyl (C=O) groups is 2. The molecule has 0 aromatic heterocycles. The van der Waals surface area contributed by atoms with Crippen LogP contribution in [0.3, 0.4) is 0 Å². The molecule has 0 radical (unpaired) electrons. The fourth-order valence-corrected chi connectivity index (χ4v) is 0.773. The summed E-state index contributed by atoms with van der Waals surface area (Å²) in [6.07, 6.45) is 0. The van der Waals surface area contributed by atoms with E-state index in [0.717, 1.165) is 0 Å². The van der Waals surface area contributed by atoms with Crippen LogP contribution in [-0.4, -0.2) is 31.2 Å². The quantitative estimate of drug-likeness (QED) is 0.577. The molecule has 0 aliphatic rings. The van der Waals surface area contributed by atoms with E-state index >= 15 is 0 Å². The molecule has 17 heavy (non-hydrogen) atoms. The molecule has 0 heterocycles. The first kappa shape index (κ1) is 18.6. The van der Waals surface area contributed by atoms with Gasteiger partial charge < -0.3 is 15.2 Å². The lowest BCUT2D eigenvalue weighted by molar-refractivity contribution is -0.158. The fourth-order valence-electron chi connectivity index (χ4n) is 0.773. The molecule has 0 aliphatic heterocycles. The molecular formula is C11H22ClNO4. The molecule has 0 spiro atoms. The highest BCUT2D eigenvalue weighted by Gasteiger charge is 2.25. The van der Waals surface area contributed by atoms with Crippen molar-refractivity contribution in [3.8, 4) is 0 Å². The number of nitrogens with two attached hydrogens (primary N) is 1. The van der Waals surface area contributed by atoms with Gasteiger partial charge in [-0.05, 0) is 11.8 Å². The Hall–Kier alpha value is -0.810. The van der Waals surface area contributed by atoms with Gasteiger partial charge in [-0.15, -0.1) is 12.4 Å². The van der Waals surface area contributed by atoms with Gasteiger partial charge in [0.25, 0.3) is 0 Å². The van der Waals surface area contributed by atoms with Gasteiger partial charge in [-0.25, -0.2) is 9.59 Å². The minimum Gasteiger partial charge on any atom is -0.464 e. The van der Waals surface area contributed by atoms with Gasteiger partial charge in [-0.1, -0.05) is 27.7 Å². The summed E-state index contributed by atoms with van der Waals surface area (Å²) in [7, 11) is 0. The zero-order chi connectivity index (χ0) is 12.7. The maximum absolute atomic E-state index is 11.3. The fraction of sp³-hybridized carbons (Fsp3) is 0.818. The van der Waals surface area contributed by atoms with Crippen LogP contribution in [0.4, 0.5) is 0 Å². The molecule has 2 N–H and O–H groups in total. The largest absolute Gasteiger partial charge is 0.464 e. The summed E-state index contributed by atoms with van der Waals surface area (Å²) in [4.78, 5) is 22.6. The lowest BCUT2D eigenvalue weighted by atomic mass is 10.2. The van der Waals surface area contributed by atoms with E-state index in [-0.39, 0.29) is 37.5 Å². The lowest BCUT2D eigenvalue weighted by Crippen LogP contribution is -2.42. The highest BCUT2D eigenvalue weighted by atomic mass is 35.5. The Kier molecular flexibility index (Phi) is 10.1. The van der Waals surface area contributed by atoms with E-state index < -0.39 is 18.0 Å². The van der Waals surface area contributed by atoms with Crippen molar-refractivity contribution in [1.82, 2.24) is 0 Å². The van der Waals surface area contributed by atoms with Gasteiger partial charge in [0.15, 0.2) is 0 Å². The summed E-state index contributed by atoms with van der Waals surface area (Å²) in [5, 5.41) is 0. The summed E-state index contributed by atoms with van der Waals surface area (Å²) in [6, 6.07) is -1.34. The lowest BCUT2D eigenvalue weighted by Gasteiger charge is -2.13. The minimum atomic E-state index is -1.34. The van der Waals surface area contributed by atoms with E-state index in [1.807, 2.05) is 27.7 Å². The standard InChI is InChI=1S/C11H21NO4.ClH/c1-7(2)5-15-10(13)9(12)11(14)16-6-8(3)4;/h7-9H,5-6,12H2,1-4H3;1H. The molecule has 5 nitrogen and oxygen atoms in total. The molecule has 0 rings (SSSR count). The molecule has 0 fully saturated rings. The van der Waals surface area contributed by atoms with Crippen molar-refractivity contribution in [2.24, 2.45) is 17.6 Å². The predicted molar refractivity (Wildman–Crippen MR) is 66.8 cm³/mol. The van der Waals surface area contributed by atoms with Crippen molar-refractivity contribution in [1.29, 1.82) is 0 Å². The average Bonchev–Trinajstić information content (AvgIpc) is 2.21. The van der Waals surface area contributed by atoms with E-state index in [1.54, 1.807) is 0 Å². The topological polar surface area (TPSA) is 78.6 Å². The van der Waals surface area contributed by atoms with Gasteiger partial charge in [0.1, 0.15) is 0 Å². The van der Waals surface area contributed by atoms with E-state index in [2.05, 4.69) is 0 Å². The third kappa shape index (κ3) is 8.94. The van der Waals surface area contributed by atoms with Crippen LogP contribution < -0.4 is 5.73 Å². The second-order valence-electron chi connectivity index (χ2n) is 4.53. The first-order valence-corrected chi connectivity index (χ1v) is 5.43. The van der Waals surface area contributed by atoms with Crippen LogP contribution in [0.5, 0.6) is 0 Å². The number of ether oxygens (including phenoxy) is 2. The van der Waals surface area contributed by atoms with Gasteiger partial charge in [0.2, 0.25) is 6.04 Å². The Morgan fingerprint density at radius 1 is 0.941 bits per heavy atom. The monoisotopic (exact) mass is 267 g/mol. The van der Waals surface area contributed by atoms with Crippen molar-refractivity contribution >= 4 is 24.3 Å². The molecule has 0 aromatic rings. The first-order chi connectivity index (χ1) is 7.34. The van der Waals surface area contributed by atoms with E-state index in [4.69, 9.17) is 15.2 Å². The zero-order valence-corrected chi connectivity index (χ0v) is 11.6. The van der Waals surface area contributed by atoms with Crippen molar-refractivity contribution in [2.75, 3.05) is 13.2 Å². The van der Waals surface area contributed by atoms with Crippen molar-refractivity contribution < 1.29 is 19.1 Å². The number of halogens is 1. The van der Waals surface area contributed by atoms with Crippen molar-refractivity contribution in [3.05, 3.63) is 0 Å². The normalized spacial score (nSPS) is 10.4. The Morgan fingerprint density at radius 3 is 1.47 bits per heavy atom. The second-order valence-corrected chi connectivity index (χ2v) is 4.53. The van der Waals surface area contributed by atoms with Gasteiger partial charge >= 0.3 is 11.9 Å². The Balaban J connectivity index is 0. The van der Waals surface area contributed by atoms with E-state index in [9.17, 15) is 9.59 Å². The van der Waals surface area contributed by atoms with E-state index in [0.29, 0.717) is 0 Å². The number of carbonyl (C=O) groups excluding carboxylic acids is 2. The summed E-state index contributed by atoms with van der Waals surface area (Å²) < 4.78 is 9.66. The summed E-state index contributed by atoms with van der Waals surface area (Å²) in [5.41, 5.74) is 5.38. The molecule has 0 aliphatic carbocycles. The summed E-state index contributed by atoms with van der Waals surface area (Å²) in [6.45, 7) is 8.10. The molecule has 0 atom stereocenters. The number of hydrogen-bond donors (Lipinski definition) is 1. The number of hydrogen-bond acceptors (Lipinski definition) is 5. The van der Waals surface area contributed by atoms with Crippen LogP contribution in [-0.2, 0) is 19.1 Å². The first-order valence-electron chi connectivity index (χ1n) is 5.43. The van der Waals surface area contributed by atoms with Crippen LogP contribution in [0.1, 0.15) is 27.7 Å². The average molecular weight is 268 g/mol. The summed E-state index contributed by atoms with van der Waals surface area (Å²) in [5.74, 6) is -1.05. The third-order valence-electron chi connectivity index (χ3n) is 1.63.